The molecular formula is C26H27F4N7O. The number of halogens is 4. The van der Waals surface area contributed by atoms with Gasteiger partial charge in [-0.05, 0) is 38.7 Å². The first-order valence-corrected chi connectivity index (χ1v) is 12.6. The van der Waals surface area contributed by atoms with E-state index in [4.69, 9.17) is 9.84 Å². The normalized spacial score (nSPS) is 18.1. The third kappa shape index (κ3) is 5.11. The number of hydrogen-bond acceptors (Lipinski definition) is 7. The minimum Gasteiger partial charge on any atom is -0.472 e. The molecule has 12 heteroatoms. The molecule has 4 aromatic heterocycles. The Morgan fingerprint density at radius 1 is 1.03 bits per heavy atom. The van der Waals surface area contributed by atoms with E-state index in [1.807, 2.05) is 24.6 Å². The van der Waals surface area contributed by atoms with Gasteiger partial charge in [-0.3, -0.25) is 4.68 Å². The van der Waals surface area contributed by atoms with E-state index in [1.54, 1.807) is 18.6 Å². The molecule has 1 aliphatic rings. The molecule has 0 unspecified atom stereocenters. The molecule has 1 aliphatic carbocycles. The number of ether oxygens (including phenoxy) is 1. The Kier molecular flexibility index (Phi) is 7.13. The molecule has 200 valence electrons. The number of aryl methyl sites for hydroxylation is 1. The summed E-state index contributed by atoms with van der Waals surface area (Å²) in [6.07, 6.45) is 4.00. The first-order valence-electron chi connectivity index (χ1n) is 12.6. The van der Waals surface area contributed by atoms with Gasteiger partial charge < -0.3 is 10.1 Å². The Balaban J connectivity index is 1.39. The van der Waals surface area contributed by atoms with Crippen molar-refractivity contribution in [3.8, 4) is 17.1 Å². The van der Waals surface area contributed by atoms with Crippen molar-refractivity contribution in [2.45, 2.75) is 64.3 Å². The highest BCUT2D eigenvalue weighted by Gasteiger charge is 2.36. The van der Waals surface area contributed by atoms with Crippen molar-refractivity contribution in [2.24, 2.45) is 0 Å². The summed E-state index contributed by atoms with van der Waals surface area (Å²) in [7, 11) is 0. The van der Waals surface area contributed by atoms with Crippen molar-refractivity contribution in [1.82, 2.24) is 29.7 Å². The van der Waals surface area contributed by atoms with Crippen molar-refractivity contribution in [3.63, 3.8) is 0 Å². The second-order valence-corrected chi connectivity index (χ2v) is 9.18. The third-order valence-electron chi connectivity index (χ3n) is 6.68. The van der Waals surface area contributed by atoms with E-state index in [0.29, 0.717) is 38.3 Å². The molecule has 0 aromatic carbocycles. The molecule has 0 spiro atoms. The Bertz CT molecular complexity index is 1410. The van der Waals surface area contributed by atoms with Gasteiger partial charge in [-0.25, -0.2) is 24.3 Å². The van der Waals surface area contributed by atoms with Crippen molar-refractivity contribution < 1.29 is 22.3 Å². The molecule has 0 saturated heterocycles. The lowest BCUT2D eigenvalue weighted by molar-refractivity contribution is -0.140. The number of hydrogen-bond donors (Lipinski definition) is 1. The number of pyridine rings is 2. The molecule has 1 N–H and O–H groups in total. The summed E-state index contributed by atoms with van der Waals surface area (Å²) in [5, 5.41) is 9.03. The summed E-state index contributed by atoms with van der Waals surface area (Å²) in [6, 6.07) is 2.58. The maximum atomic E-state index is 14.4. The Morgan fingerprint density at radius 3 is 2.42 bits per heavy atom. The number of rotatable bonds is 7. The molecule has 1 fully saturated rings. The molecule has 1 saturated carbocycles. The molecule has 0 atom stereocenters. The van der Waals surface area contributed by atoms with Gasteiger partial charge in [0.25, 0.3) is 5.88 Å². The monoisotopic (exact) mass is 529 g/mol. The average Bonchev–Trinajstić information content (AvgIpc) is 3.29. The number of nitrogens with zero attached hydrogens (tertiary/aromatic N) is 6. The zero-order chi connectivity index (χ0) is 26.9. The second kappa shape index (κ2) is 10.5. The lowest BCUT2D eigenvalue weighted by atomic mass is 9.93. The van der Waals surface area contributed by atoms with Gasteiger partial charge in [-0.1, -0.05) is 6.92 Å². The van der Waals surface area contributed by atoms with Crippen LogP contribution in [0.25, 0.3) is 22.2 Å². The summed E-state index contributed by atoms with van der Waals surface area (Å²) in [6.45, 7) is 4.70. The summed E-state index contributed by atoms with van der Waals surface area (Å²) in [4.78, 5) is 17.0. The lowest BCUT2D eigenvalue weighted by Crippen LogP contribution is -2.27. The van der Waals surface area contributed by atoms with Crippen LogP contribution < -0.4 is 10.1 Å². The van der Waals surface area contributed by atoms with Crippen LogP contribution in [0.5, 0.6) is 5.88 Å². The topological polar surface area (TPSA) is 90.6 Å². The quantitative estimate of drug-likeness (QED) is 0.294. The summed E-state index contributed by atoms with van der Waals surface area (Å²) in [5.41, 5.74) is 1.03. The number of aromatic nitrogens is 6. The van der Waals surface area contributed by atoms with E-state index in [-0.39, 0.29) is 6.04 Å². The zero-order valence-corrected chi connectivity index (χ0v) is 21.0. The number of alkyl halides is 3. The van der Waals surface area contributed by atoms with Crippen molar-refractivity contribution in [2.75, 3.05) is 11.9 Å². The first-order chi connectivity index (χ1) is 18.3. The third-order valence-corrected chi connectivity index (χ3v) is 6.68. The van der Waals surface area contributed by atoms with Gasteiger partial charge in [-0.15, -0.1) is 0 Å². The summed E-state index contributed by atoms with van der Waals surface area (Å²) >= 11 is 0. The molecule has 0 aliphatic heterocycles. The van der Waals surface area contributed by atoms with Gasteiger partial charge >= 0.3 is 6.18 Å². The van der Waals surface area contributed by atoms with Crippen LogP contribution in [0.3, 0.4) is 0 Å². The van der Waals surface area contributed by atoms with Gasteiger partial charge in [0.05, 0.1) is 17.1 Å². The van der Waals surface area contributed by atoms with E-state index in [9.17, 15) is 17.6 Å². The van der Waals surface area contributed by atoms with Crippen molar-refractivity contribution >= 4 is 16.7 Å². The van der Waals surface area contributed by atoms with Gasteiger partial charge in [0.1, 0.15) is 23.4 Å². The highest BCUT2D eigenvalue weighted by atomic mass is 19.4. The fourth-order valence-corrected chi connectivity index (χ4v) is 4.75. The number of fused-ring (bicyclic) bond motifs is 1. The summed E-state index contributed by atoms with van der Waals surface area (Å²) in [5.74, 6) is -0.625. The fourth-order valence-electron chi connectivity index (χ4n) is 4.75. The zero-order valence-electron chi connectivity index (χ0n) is 21.0. The standard InChI is InChI=1S/C26H27F4N7O/c1-3-21-33-12-15(13-34-21)24-18-14-35-22(31-4-2)11-20(18)37(36-24)16-5-7-17(8-6-16)38-25-23(27)19(9-10-32-25)26(28,29)30/h9-14,16-17H,3-8H2,1-2H3,(H,31,35). The molecule has 8 nitrogen and oxygen atoms in total. The molecular weight excluding hydrogens is 502 g/mol. The second-order valence-electron chi connectivity index (χ2n) is 9.18. The Morgan fingerprint density at radius 2 is 1.76 bits per heavy atom. The van der Waals surface area contributed by atoms with E-state index < -0.39 is 29.5 Å². The van der Waals surface area contributed by atoms with Crippen LogP contribution in [-0.2, 0) is 12.6 Å². The van der Waals surface area contributed by atoms with Crippen LogP contribution in [0.1, 0.15) is 57.0 Å². The van der Waals surface area contributed by atoms with E-state index in [1.165, 1.54) is 0 Å². The Hall–Kier alpha value is -3.83. The van der Waals surface area contributed by atoms with Gasteiger partial charge in [0, 0.05) is 54.8 Å². The van der Waals surface area contributed by atoms with Crippen LogP contribution in [-0.4, -0.2) is 42.4 Å². The number of anilines is 1. The van der Waals surface area contributed by atoms with Crippen LogP contribution in [0.15, 0.2) is 36.9 Å². The maximum absolute atomic E-state index is 14.4. The van der Waals surface area contributed by atoms with Gasteiger partial charge in [0.15, 0.2) is 5.82 Å². The van der Waals surface area contributed by atoms with Crippen LogP contribution in [0.2, 0.25) is 0 Å². The fraction of sp³-hybridized carbons (Fsp3) is 0.423. The first kappa shape index (κ1) is 25.8. The molecule has 0 radical (unpaired) electrons. The van der Waals surface area contributed by atoms with E-state index >= 15 is 0 Å². The molecule has 4 heterocycles. The van der Waals surface area contributed by atoms with E-state index in [2.05, 4.69) is 25.3 Å². The van der Waals surface area contributed by atoms with E-state index in [0.717, 1.165) is 46.4 Å². The lowest BCUT2D eigenvalue weighted by Gasteiger charge is -2.29. The van der Waals surface area contributed by atoms with Crippen LogP contribution in [0.4, 0.5) is 23.4 Å². The van der Waals surface area contributed by atoms with Gasteiger partial charge in [-0.2, -0.15) is 18.3 Å². The Labute approximate surface area is 216 Å². The molecule has 0 amide bonds. The predicted octanol–water partition coefficient (Wildman–Crippen LogP) is 6.00. The predicted molar refractivity (Wildman–Crippen MR) is 133 cm³/mol. The minimum absolute atomic E-state index is 0.0122. The molecule has 0 bridgehead atoms. The van der Waals surface area contributed by atoms with Crippen molar-refractivity contribution in [3.05, 3.63) is 54.1 Å². The SMILES string of the molecule is CCNc1cc2c(cn1)c(-c1cnc(CC)nc1)nn2C1CCC(Oc2nccc(C(F)(F)F)c2F)CC1. The number of nitrogens with one attached hydrogen (secondary N) is 1. The average molecular weight is 530 g/mol. The highest BCUT2D eigenvalue weighted by molar-refractivity contribution is 5.93. The molecule has 5 rings (SSSR count). The largest absolute Gasteiger partial charge is 0.472 e. The highest BCUT2D eigenvalue weighted by Crippen LogP contribution is 2.38. The van der Waals surface area contributed by atoms with Crippen molar-refractivity contribution in [1.29, 1.82) is 0 Å². The minimum atomic E-state index is -4.82. The molecule has 38 heavy (non-hydrogen) atoms. The smallest absolute Gasteiger partial charge is 0.419 e. The molecule has 4 aromatic rings. The summed E-state index contributed by atoms with van der Waals surface area (Å²) < 4.78 is 61.2. The van der Waals surface area contributed by atoms with Gasteiger partial charge in [0.2, 0.25) is 0 Å². The van der Waals surface area contributed by atoms with Crippen LogP contribution >= 0.6 is 0 Å². The van der Waals surface area contributed by atoms with Crippen LogP contribution in [0, 0.1) is 5.82 Å². The maximum Gasteiger partial charge on any atom is 0.419 e.